The first-order valence-electron chi connectivity index (χ1n) is 5.78. The van der Waals surface area contributed by atoms with E-state index in [1.165, 1.54) is 0 Å². The first-order chi connectivity index (χ1) is 8.13. The molecule has 0 spiro atoms. The zero-order chi connectivity index (χ0) is 13.8. The molecular formula is C13H21Cl2NO. The van der Waals surface area contributed by atoms with Crippen molar-refractivity contribution in [2.75, 3.05) is 7.05 Å². The molecule has 0 aliphatic rings. The van der Waals surface area contributed by atoms with Crippen LogP contribution in [0.25, 0.3) is 0 Å². The lowest BCUT2D eigenvalue weighted by Crippen LogP contribution is -2.19. The predicted octanol–water partition coefficient (Wildman–Crippen LogP) is 4.33. The number of hydrogen-bond donors (Lipinski definition) is 1. The summed E-state index contributed by atoms with van der Waals surface area (Å²) in [6.07, 6.45) is 0.327. The molecule has 0 heterocycles. The fraction of sp³-hybridized carbons (Fsp3) is 0.462. The molecule has 1 amide bonds. The van der Waals surface area contributed by atoms with Crippen molar-refractivity contribution in [3.8, 4) is 0 Å². The van der Waals surface area contributed by atoms with Crippen molar-refractivity contribution in [2.45, 2.75) is 34.1 Å². The van der Waals surface area contributed by atoms with Gasteiger partial charge in [-0.05, 0) is 17.7 Å². The molecule has 0 fully saturated rings. The Balaban J connectivity index is 0. The van der Waals surface area contributed by atoms with Crippen LogP contribution in [0.5, 0.6) is 0 Å². The van der Waals surface area contributed by atoms with Crippen LogP contribution < -0.4 is 5.32 Å². The van der Waals surface area contributed by atoms with Gasteiger partial charge in [0.2, 0.25) is 5.91 Å². The van der Waals surface area contributed by atoms with Crippen LogP contribution in [0, 0.1) is 0 Å². The summed E-state index contributed by atoms with van der Waals surface area (Å²) in [6, 6.07) is 5.16. The summed E-state index contributed by atoms with van der Waals surface area (Å²) in [5, 5.41) is 3.51. The van der Waals surface area contributed by atoms with Crippen LogP contribution in [0.1, 0.15) is 33.3 Å². The van der Waals surface area contributed by atoms with E-state index in [1.54, 1.807) is 25.2 Å². The summed E-state index contributed by atoms with van der Waals surface area (Å²) in [4.78, 5) is 11.0. The van der Waals surface area contributed by atoms with Crippen molar-refractivity contribution in [3.63, 3.8) is 0 Å². The Morgan fingerprint density at radius 3 is 2.06 bits per heavy atom. The van der Waals surface area contributed by atoms with Crippen molar-refractivity contribution in [2.24, 2.45) is 0 Å². The third-order valence-corrected chi connectivity index (χ3v) is 2.37. The van der Waals surface area contributed by atoms with E-state index in [9.17, 15) is 4.79 Å². The van der Waals surface area contributed by atoms with E-state index in [2.05, 4.69) is 5.32 Å². The minimum absolute atomic E-state index is 0.0432. The average molecular weight is 278 g/mol. The average Bonchev–Trinajstić information content (AvgIpc) is 2.38. The smallest absolute Gasteiger partial charge is 0.224 e. The maximum Gasteiger partial charge on any atom is 0.224 e. The van der Waals surface area contributed by atoms with Gasteiger partial charge in [0.15, 0.2) is 0 Å². The molecule has 0 radical (unpaired) electrons. The maximum absolute atomic E-state index is 11.0. The number of carbonyl (C=O) groups is 1. The number of benzene rings is 1. The Morgan fingerprint density at radius 2 is 1.65 bits per heavy atom. The molecule has 0 unspecified atom stereocenters. The first-order valence-corrected chi connectivity index (χ1v) is 6.53. The van der Waals surface area contributed by atoms with Crippen molar-refractivity contribution in [1.29, 1.82) is 0 Å². The molecular weight excluding hydrogens is 257 g/mol. The second kappa shape index (κ2) is 11.7. The molecule has 0 aliphatic heterocycles. The summed E-state index contributed by atoms with van der Waals surface area (Å²) in [5.74, 6) is -0.0432. The molecule has 1 rings (SSSR count). The lowest BCUT2D eigenvalue weighted by Gasteiger charge is -2.01. The molecule has 17 heavy (non-hydrogen) atoms. The van der Waals surface area contributed by atoms with Crippen LogP contribution >= 0.6 is 23.2 Å². The number of amides is 1. The Morgan fingerprint density at radius 1 is 1.12 bits per heavy atom. The monoisotopic (exact) mass is 277 g/mol. The van der Waals surface area contributed by atoms with Crippen molar-refractivity contribution >= 4 is 29.1 Å². The third kappa shape index (κ3) is 8.06. The maximum atomic E-state index is 11.0. The SMILES string of the molecule is CC.CC.CNC(=O)Cc1ccc(Cl)c(Cl)c1. The Bertz CT molecular complexity index is 327. The number of rotatable bonds is 2. The van der Waals surface area contributed by atoms with E-state index < -0.39 is 0 Å². The molecule has 0 bridgehead atoms. The highest BCUT2D eigenvalue weighted by Gasteiger charge is 2.03. The molecule has 1 aromatic carbocycles. The minimum Gasteiger partial charge on any atom is -0.359 e. The Kier molecular flexibility index (Phi) is 12.9. The van der Waals surface area contributed by atoms with E-state index in [0.717, 1.165) is 5.56 Å². The van der Waals surface area contributed by atoms with Crippen LogP contribution in [0.2, 0.25) is 10.0 Å². The van der Waals surface area contributed by atoms with Gasteiger partial charge in [0.05, 0.1) is 16.5 Å². The Hall–Kier alpha value is -0.730. The highest BCUT2D eigenvalue weighted by Crippen LogP contribution is 2.22. The Labute approximate surface area is 114 Å². The number of hydrogen-bond acceptors (Lipinski definition) is 1. The van der Waals surface area contributed by atoms with E-state index in [4.69, 9.17) is 23.2 Å². The quantitative estimate of drug-likeness (QED) is 0.856. The van der Waals surface area contributed by atoms with Gasteiger partial charge in [-0.2, -0.15) is 0 Å². The lowest BCUT2D eigenvalue weighted by atomic mass is 10.1. The molecule has 0 saturated heterocycles. The second-order valence-corrected chi connectivity index (χ2v) is 3.41. The van der Waals surface area contributed by atoms with E-state index in [1.807, 2.05) is 27.7 Å². The number of nitrogens with one attached hydrogen (secondary N) is 1. The van der Waals surface area contributed by atoms with Gasteiger partial charge >= 0.3 is 0 Å². The van der Waals surface area contributed by atoms with Crippen LogP contribution in [0.3, 0.4) is 0 Å². The molecule has 0 aromatic heterocycles. The van der Waals surface area contributed by atoms with Crippen LogP contribution in [0.15, 0.2) is 18.2 Å². The predicted molar refractivity (Wildman–Crippen MR) is 76.9 cm³/mol. The lowest BCUT2D eigenvalue weighted by molar-refractivity contribution is -0.119. The molecule has 2 nitrogen and oxygen atoms in total. The second-order valence-electron chi connectivity index (χ2n) is 2.60. The number of carbonyl (C=O) groups excluding carboxylic acids is 1. The fourth-order valence-electron chi connectivity index (χ4n) is 0.923. The minimum atomic E-state index is -0.0432. The van der Waals surface area contributed by atoms with Gasteiger partial charge in [0.25, 0.3) is 0 Å². The zero-order valence-corrected chi connectivity index (χ0v) is 12.6. The molecule has 4 heteroatoms. The van der Waals surface area contributed by atoms with Gasteiger partial charge in [-0.3, -0.25) is 4.79 Å². The van der Waals surface area contributed by atoms with E-state index in [-0.39, 0.29) is 5.91 Å². The van der Waals surface area contributed by atoms with E-state index in [0.29, 0.717) is 16.5 Å². The molecule has 1 aromatic rings. The third-order valence-electron chi connectivity index (χ3n) is 1.63. The van der Waals surface area contributed by atoms with E-state index >= 15 is 0 Å². The topological polar surface area (TPSA) is 29.1 Å². The largest absolute Gasteiger partial charge is 0.359 e. The van der Waals surface area contributed by atoms with Gasteiger partial charge in [-0.15, -0.1) is 0 Å². The molecule has 0 aliphatic carbocycles. The molecule has 98 valence electrons. The molecule has 0 atom stereocenters. The van der Waals surface area contributed by atoms with Crippen molar-refractivity contribution < 1.29 is 4.79 Å². The molecule has 0 saturated carbocycles. The van der Waals surface area contributed by atoms with Gasteiger partial charge in [-0.1, -0.05) is 57.0 Å². The summed E-state index contributed by atoms with van der Waals surface area (Å²) < 4.78 is 0. The zero-order valence-electron chi connectivity index (χ0n) is 11.1. The highest BCUT2D eigenvalue weighted by molar-refractivity contribution is 6.42. The van der Waals surface area contributed by atoms with Gasteiger partial charge < -0.3 is 5.32 Å². The summed E-state index contributed by atoms with van der Waals surface area (Å²) >= 11 is 11.5. The summed E-state index contributed by atoms with van der Waals surface area (Å²) in [5.41, 5.74) is 0.855. The standard InChI is InChI=1S/C9H9Cl2NO.2C2H6/c1-12-9(13)5-6-2-3-7(10)8(11)4-6;2*1-2/h2-4H,5H2,1H3,(H,12,13);2*1-2H3. The fourth-order valence-corrected chi connectivity index (χ4v) is 1.24. The highest BCUT2D eigenvalue weighted by atomic mass is 35.5. The van der Waals surface area contributed by atoms with Gasteiger partial charge in [-0.25, -0.2) is 0 Å². The van der Waals surface area contributed by atoms with Crippen LogP contribution in [0.4, 0.5) is 0 Å². The molecule has 1 N–H and O–H groups in total. The first kappa shape index (κ1) is 18.6. The normalized spacial score (nSPS) is 8.18. The summed E-state index contributed by atoms with van der Waals surface area (Å²) in [7, 11) is 1.60. The van der Waals surface area contributed by atoms with Crippen LogP contribution in [-0.4, -0.2) is 13.0 Å². The number of halogens is 2. The van der Waals surface area contributed by atoms with Gasteiger partial charge in [0.1, 0.15) is 0 Å². The number of likely N-dealkylation sites (N-methyl/N-ethyl adjacent to an activating group) is 1. The summed E-state index contributed by atoms with van der Waals surface area (Å²) in [6.45, 7) is 8.00. The van der Waals surface area contributed by atoms with Crippen molar-refractivity contribution in [1.82, 2.24) is 5.32 Å². The van der Waals surface area contributed by atoms with Crippen molar-refractivity contribution in [3.05, 3.63) is 33.8 Å². The van der Waals surface area contributed by atoms with Gasteiger partial charge in [0, 0.05) is 7.05 Å². The van der Waals surface area contributed by atoms with Crippen LogP contribution in [-0.2, 0) is 11.2 Å².